The van der Waals surface area contributed by atoms with Crippen molar-refractivity contribution >= 4 is 28.9 Å². The zero-order chi connectivity index (χ0) is 25.5. The summed E-state index contributed by atoms with van der Waals surface area (Å²) < 4.78 is 10.6. The van der Waals surface area contributed by atoms with E-state index in [1.165, 1.54) is 14.0 Å². The number of carboxylic acid groups (broad SMARTS) is 1. The molecule has 0 bridgehead atoms. The van der Waals surface area contributed by atoms with Crippen molar-refractivity contribution < 1.29 is 29.0 Å². The number of ether oxygens (including phenoxy) is 2. The summed E-state index contributed by atoms with van der Waals surface area (Å²) in [6.07, 6.45) is 0.0725. The Balaban J connectivity index is 2.16. The van der Waals surface area contributed by atoms with Crippen molar-refractivity contribution in [1.29, 1.82) is 0 Å². The van der Waals surface area contributed by atoms with Crippen LogP contribution in [0.2, 0.25) is 0 Å². The third kappa shape index (κ3) is 6.14. The van der Waals surface area contributed by atoms with Crippen LogP contribution in [0.3, 0.4) is 0 Å². The second-order valence-corrected chi connectivity index (χ2v) is 7.96. The van der Waals surface area contributed by atoms with Crippen LogP contribution < -0.4 is 14.8 Å². The number of nitrogens with one attached hydrogen (secondary N) is 1. The van der Waals surface area contributed by atoms with Gasteiger partial charge in [0.1, 0.15) is 11.5 Å². The number of allylic oxidation sites excluding steroid dienone is 1. The van der Waals surface area contributed by atoms with Crippen LogP contribution in [0.5, 0.6) is 11.5 Å². The first-order chi connectivity index (χ1) is 16.7. The number of aryl methyl sites for hydroxylation is 1. The zero-order valence-electron chi connectivity index (χ0n) is 20.0. The highest BCUT2D eigenvalue weighted by atomic mass is 16.5. The smallest absolute Gasteiger partial charge is 0.336 e. The topological polar surface area (TPSA) is 102 Å². The van der Waals surface area contributed by atoms with Crippen LogP contribution in [0.15, 0.2) is 72.3 Å². The highest BCUT2D eigenvalue weighted by Gasteiger charge is 2.24. The number of rotatable bonds is 9. The Morgan fingerprint density at radius 2 is 1.60 bits per heavy atom. The highest BCUT2D eigenvalue weighted by Crippen LogP contribution is 2.29. The molecule has 0 saturated carbocycles. The van der Waals surface area contributed by atoms with E-state index in [4.69, 9.17) is 9.47 Å². The molecule has 0 aliphatic rings. The molecule has 0 aliphatic heterocycles. The molecule has 2 N–H and O–H groups in total. The summed E-state index contributed by atoms with van der Waals surface area (Å²) in [5, 5.41) is 12.9. The Bertz CT molecular complexity index is 1290. The molecule has 0 spiro atoms. The molecule has 7 nitrogen and oxygen atoms in total. The van der Waals surface area contributed by atoms with Gasteiger partial charge in [-0.15, -0.1) is 0 Å². The molecule has 0 unspecified atom stereocenters. The number of Topliss-reactive ketones (excluding diaryl/α,β-unsaturated/α-hetero) is 1. The van der Waals surface area contributed by atoms with Crippen molar-refractivity contribution in [2.24, 2.45) is 0 Å². The molecular formula is C28H27NO6. The minimum atomic E-state index is -1.22. The van der Waals surface area contributed by atoms with Crippen LogP contribution >= 0.6 is 0 Å². The van der Waals surface area contributed by atoms with Crippen LogP contribution in [0.1, 0.15) is 34.0 Å². The summed E-state index contributed by atoms with van der Waals surface area (Å²) in [5.74, 6) is -0.710. The van der Waals surface area contributed by atoms with Gasteiger partial charge in [-0.05, 0) is 66.1 Å². The average Bonchev–Trinajstić information content (AvgIpc) is 2.83. The number of aliphatic carboxylic acids is 1. The summed E-state index contributed by atoms with van der Waals surface area (Å²) in [6, 6.07) is 18.5. The monoisotopic (exact) mass is 473 g/mol. The highest BCUT2D eigenvalue weighted by molar-refractivity contribution is 6.26. The summed E-state index contributed by atoms with van der Waals surface area (Å²) >= 11 is 0. The SMILES string of the molecule is COc1cccc(C(C(=O)O)=C(Cc2ccc(NC(C)=O)cc2)C(=O)c2ccc(OC)c(C)c2)c1. The molecule has 3 aromatic rings. The fourth-order valence-corrected chi connectivity index (χ4v) is 3.79. The van der Waals surface area contributed by atoms with E-state index >= 15 is 0 Å². The zero-order valence-corrected chi connectivity index (χ0v) is 20.0. The number of benzene rings is 3. The van der Waals surface area contributed by atoms with E-state index in [0.29, 0.717) is 33.9 Å². The number of amides is 1. The maximum atomic E-state index is 13.7. The van der Waals surface area contributed by atoms with Crippen LogP contribution in [-0.4, -0.2) is 37.0 Å². The Hall–Kier alpha value is -4.39. The minimum absolute atomic E-state index is 0.0725. The van der Waals surface area contributed by atoms with Crippen molar-refractivity contribution in [2.45, 2.75) is 20.3 Å². The first-order valence-electron chi connectivity index (χ1n) is 10.9. The first kappa shape index (κ1) is 25.2. The van der Waals surface area contributed by atoms with E-state index in [1.807, 2.05) is 6.92 Å². The molecule has 0 heterocycles. The van der Waals surface area contributed by atoms with Crippen LogP contribution in [0, 0.1) is 6.92 Å². The van der Waals surface area contributed by atoms with Crippen molar-refractivity contribution in [3.05, 3.63) is 94.6 Å². The second-order valence-electron chi connectivity index (χ2n) is 7.96. The lowest BCUT2D eigenvalue weighted by Gasteiger charge is -2.15. The van der Waals surface area contributed by atoms with Gasteiger partial charge in [0.05, 0.1) is 19.8 Å². The van der Waals surface area contributed by atoms with Crippen molar-refractivity contribution in [1.82, 2.24) is 0 Å². The number of carbonyl (C=O) groups excluding carboxylic acids is 2. The quantitative estimate of drug-likeness (QED) is 0.337. The maximum absolute atomic E-state index is 13.7. The van der Waals surface area contributed by atoms with E-state index in [9.17, 15) is 19.5 Å². The van der Waals surface area contributed by atoms with Gasteiger partial charge >= 0.3 is 5.97 Å². The lowest BCUT2D eigenvalue weighted by molar-refractivity contribution is -0.130. The van der Waals surface area contributed by atoms with Gasteiger partial charge in [0.15, 0.2) is 5.78 Å². The van der Waals surface area contributed by atoms with Gasteiger partial charge < -0.3 is 19.9 Å². The van der Waals surface area contributed by atoms with E-state index in [1.54, 1.807) is 73.8 Å². The number of methoxy groups -OCH3 is 2. The number of carbonyl (C=O) groups is 3. The lowest BCUT2D eigenvalue weighted by Crippen LogP contribution is -2.14. The third-order valence-electron chi connectivity index (χ3n) is 5.46. The van der Waals surface area contributed by atoms with E-state index in [-0.39, 0.29) is 23.5 Å². The van der Waals surface area contributed by atoms with Crippen molar-refractivity contribution in [2.75, 3.05) is 19.5 Å². The molecule has 180 valence electrons. The normalized spacial score (nSPS) is 11.3. The largest absolute Gasteiger partial charge is 0.497 e. The molecule has 7 heteroatoms. The van der Waals surface area contributed by atoms with Gasteiger partial charge in [-0.1, -0.05) is 24.3 Å². The number of ketones is 1. The molecule has 1 amide bonds. The predicted molar refractivity (Wildman–Crippen MR) is 134 cm³/mol. The standard InChI is InChI=1S/C28H27NO6/c1-17-14-21(10-13-25(17)35-4)27(31)24(15-19-8-11-22(12-9-19)29-18(2)30)26(28(32)33)20-6-5-7-23(16-20)34-3/h5-14,16H,15H2,1-4H3,(H,29,30)(H,32,33). The lowest BCUT2D eigenvalue weighted by atomic mass is 9.89. The summed E-state index contributed by atoms with van der Waals surface area (Å²) in [4.78, 5) is 37.5. The molecule has 35 heavy (non-hydrogen) atoms. The summed E-state index contributed by atoms with van der Waals surface area (Å²) in [7, 11) is 3.04. The van der Waals surface area contributed by atoms with Gasteiger partial charge in [0.2, 0.25) is 5.91 Å². The van der Waals surface area contributed by atoms with Gasteiger partial charge in [-0.3, -0.25) is 9.59 Å². The maximum Gasteiger partial charge on any atom is 0.336 e. The molecule has 3 aromatic carbocycles. The Morgan fingerprint density at radius 1 is 0.886 bits per heavy atom. The Morgan fingerprint density at radius 3 is 2.17 bits per heavy atom. The number of carboxylic acids is 1. The van der Waals surface area contributed by atoms with Gasteiger partial charge in [-0.25, -0.2) is 4.79 Å². The van der Waals surface area contributed by atoms with Crippen LogP contribution in [0.25, 0.3) is 5.57 Å². The van der Waals surface area contributed by atoms with E-state index in [2.05, 4.69) is 5.32 Å². The molecule has 0 radical (unpaired) electrons. The molecule has 0 saturated heterocycles. The average molecular weight is 474 g/mol. The summed E-state index contributed by atoms with van der Waals surface area (Å²) in [5.41, 5.74) is 2.83. The Kier molecular flexibility index (Phi) is 8.04. The van der Waals surface area contributed by atoms with Gasteiger partial charge in [0.25, 0.3) is 0 Å². The van der Waals surface area contributed by atoms with Gasteiger partial charge in [-0.2, -0.15) is 0 Å². The van der Waals surface area contributed by atoms with Gasteiger partial charge in [0, 0.05) is 30.2 Å². The number of anilines is 1. The number of hydrogen-bond donors (Lipinski definition) is 2. The first-order valence-corrected chi connectivity index (χ1v) is 10.9. The van der Waals surface area contributed by atoms with Crippen molar-refractivity contribution in [3.8, 4) is 11.5 Å². The van der Waals surface area contributed by atoms with E-state index in [0.717, 1.165) is 5.56 Å². The summed E-state index contributed by atoms with van der Waals surface area (Å²) in [6.45, 7) is 3.23. The molecule has 0 atom stereocenters. The molecular weight excluding hydrogens is 446 g/mol. The fourth-order valence-electron chi connectivity index (χ4n) is 3.79. The van der Waals surface area contributed by atoms with E-state index < -0.39 is 11.8 Å². The second kappa shape index (κ2) is 11.2. The fraction of sp³-hybridized carbons (Fsp3) is 0.179. The predicted octanol–water partition coefficient (Wildman–Crippen LogP) is 4.93. The minimum Gasteiger partial charge on any atom is -0.497 e. The van der Waals surface area contributed by atoms with Crippen LogP contribution in [-0.2, 0) is 16.0 Å². The third-order valence-corrected chi connectivity index (χ3v) is 5.46. The molecule has 0 fully saturated rings. The molecule has 0 aliphatic carbocycles. The molecule has 3 rings (SSSR count). The molecule has 0 aromatic heterocycles. The number of hydrogen-bond acceptors (Lipinski definition) is 5. The van der Waals surface area contributed by atoms with Crippen LogP contribution in [0.4, 0.5) is 5.69 Å². The van der Waals surface area contributed by atoms with Crippen molar-refractivity contribution in [3.63, 3.8) is 0 Å². The Labute approximate surface area is 204 Å².